The zero-order valence-corrected chi connectivity index (χ0v) is 6.76. The van der Waals surface area contributed by atoms with E-state index in [9.17, 15) is 0 Å². The van der Waals surface area contributed by atoms with E-state index in [1.54, 1.807) is 0 Å². The topological polar surface area (TPSA) is 36.7 Å². The molecule has 0 aliphatic heterocycles. The van der Waals surface area contributed by atoms with Gasteiger partial charge in [-0.15, -0.1) is 0 Å². The van der Waals surface area contributed by atoms with Gasteiger partial charge < -0.3 is 0 Å². The Hall–Kier alpha value is -1.36. The molecule has 56 valence electrons. The normalized spacial score (nSPS) is 9.18. The molecule has 0 unspecified atom stereocenters. The Morgan fingerprint density at radius 2 is 2.27 bits per heavy atom. The molecule has 0 fully saturated rings. The molecule has 1 rings (SSSR count). The summed E-state index contributed by atoms with van der Waals surface area (Å²) in [5.41, 5.74) is 2.54. The van der Waals surface area contributed by atoms with Crippen molar-refractivity contribution >= 4 is 0 Å². The molecule has 2 heteroatoms. The van der Waals surface area contributed by atoms with Crippen molar-refractivity contribution in [3.63, 3.8) is 0 Å². The molecule has 0 amide bonds. The van der Waals surface area contributed by atoms with E-state index in [-0.39, 0.29) is 0 Å². The third-order valence-electron chi connectivity index (χ3n) is 1.63. The molecule has 0 radical (unpaired) electrons. The summed E-state index contributed by atoms with van der Waals surface area (Å²) in [6.45, 7) is 3.91. The van der Waals surface area contributed by atoms with E-state index in [0.717, 1.165) is 17.8 Å². The van der Waals surface area contributed by atoms with Crippen LogP contribution >= 0.6 is 0 Å². The molecular formula is C9H10N2. The SMILES string of the molecule is CCc1ccc(C#N)c(C)n1. The molecule has 0 saturated heterocycles. The number of aryl methyl sites for hydroxylation is 2. The third kappa shape index (κ3) is 1.56. The first-order valence-electron chi connectivity index (χ1n) is 3.64. The van der Waals surface area contributed by atoms with Gasteiger partial charge in [0.2, 0.25) is 0 Å². The monoisotopic (exact) mass is 146 g/mol. The number of rotatable bonds is 1. The summed E-state index contributed by atoms with van der Waals surface area (Å²) in [7, 11) is 0. The fourth-order valence-electron chi connectivity index (χ4n) is 0.928. The predicted octanol–water partition coefficient (Wildman–Crippen LogP) is 1.82. The Morgan fingerprint density at radius 3 is 2.73 bits per heavy atom. The third-order valence-corrected chi connectivity index (χ3v) is 1.63. The maximum Gasteiger partial charge on any atom is 0.101 e. The fourth-order valence-corrected chi connectivity index (χ4v) is 0.928. The minimum Gasteiger partial charge on any atom is -0.257 e. The summed E-state index contributed by atoms with van der Waals surface area (Å²) in [5.74, 6) is 0. The van der Waals surface area contributed by atoms with Crippen LogP contribution in [-0.2, 0) is 6.42 Å². The van der Waals surface area contributed by atoms with Crippen LogP contribution in [0.3, 0.4) is 0 Å². The summed E-state index contributed by atoms with van der Waals surface area (Å²) in [6, 6.07) is 5.80. The first-order chi connectivity index (χ1) is 5.27. The average Bonchev–Trinajstić information content (AvgIpc) is 2.04. The van der Waals surface area contributed by atoms with Crippen LogP contribution in [-0.4, -0.2) is 4.98 Å². The van der Waals surface area contributed by atoms with Gasteiger partial charge in [0, 0.05) is 5.69 Å². The van der Waals surface area contributed by atoms with E-state index >= 15 is 0 Å². The number of hydrogen-bond acceptors (Lipinski definition) is 2. The van der Waals surface area contributed by atoms with Gasteiger partial charge >= 0.3 is 0 Å². The van der Waals surface area contributed by atoms with Crippen LogP contribution in [0, 0.1) is 18.3 Å². The summed E-state index contributed by atoms with van der Waals surface area (Å²) < 4.78 is 0. The number of nitriles is 1. The molecule has 2 nitrogen and oxygen atoms in total. The Bertz CT molecular complexity index is 297. The van der Waals surface area contributed by atoms with Crippen LogP contribution in [0.1, 0.15) is 23.9 Å². The van der Waals surface area contributed by atoms with Crippen LogP contribution in [0.2, 0.25) is 0 Å². The molecule has 0 spiro atoms. The highest BCUT2D eigenvalue weighted by Gasteiger charge is 1.97. The highest BCUT2D eigenvalue weighted by Crippen LogP contribution is 2.05. The van der Waals surface area contributed by atoms with Crippen LogP contribution in [0.25, 0.3) is 0 Å². The van der Waals surface area contributed by atoms with Gasteiger partial charge in [-0.25, -0.2) is 0 Å². The smallest absolute Gasteiger partial charge is 0.101 e. The highest BCUT2D eigenvalue weighted by molar-refractivity contribution is 5.33. The fraction of sp³-hybridized carbons (Fsp3) is 0.333. The first kappa shape index (κ1) is 7.74. The van der Waals surface area contributed by atoms with E-state index in [4.69, 9.17) is 5.26 Å². The molecule has 0 N–H and O–H groups in total. The van der Waals surface area contributed by atoms with Gasteiger partial charge in [0.05, 0.1) is 11.3 Å². The van der Waals surface area contributed by atoms with Crippen molar-refractivity contribution in [1.82, 2.24) is 4.98 Å². The Balaban J connectivity index is 3.12. The second-order valence-electron chi connectivity index (χ2n) is 2.40. The van der Waals surface area contributed by atoms with Crippen molar-refractivity contribution in [3.8, 4) is 6.07 Å². The second-order valence-corrected chi connectivity index (χ2v) is 2.40. The Kier molecular flexibility index (Phi) is 2.22. The maximum atomic E-state index is 8.59. The van der Waals surface area contributed by atoms with Crippen LogP contribution in [0.15, 0.2) is 12.1 Å². The first-order valence-corrected chi connectivity index (χ1v) is 3.64. The molecule has 1 heterocycles. The zero-order chi connectivity index (χ0) is 8.27. The van der Waals surface area contributed by atoms with E-state index in [0.29, 0.717) is 5.56 Å². The molecule has 0 aliphatic carbocycles. The molecule has 1 aromatic heterocycles. The van der Waals surface area contributed by atoms with Crippen molar-refractivity contribution < 1.29 is 0 Å². The number of pyridine rings is 1. The summed E-state index contributed by atoms with van der Waals surface area (Å²) in [5, 5.41) is 8.59. The van der Waals surface area contributed by atoms with Crippen molar-refractivity contribution in [2.45, 2.75) is 20.3 Å². The van der Waals surface area contributed by atoms with Gasteiger partial charge in [-0.2, -0.15) is 5.26 Å². The highest BCUT2D eigenvalue weighted by atomic mass is 14.7. The van der Waals surface area contributed by atoms with E-state index in [1.807, 2.05) is 26.0 Å². The van der Waals surface area contributed by atoms with Crippen molar-refractivity contribution in [1.29, 1.82) is 5.26 Å². The zero-order valence-electron chi connectivity index (χ0n) is 6.76. The van der Waals surface area contributed by atoms with E-state index in [2.05, 4.69) is 11.1 Å². The molecule has 0 bridgehead atoms. The molecule has 0 atom stereocenters. The van der Waals surface area contributed by atoms with Crippen LogP contribution < -0.4 is 0 Å². The molecule has 0 saturated carbocycles. The van der Waals surface area contributed by atoms with Gasteiger partial charge in [-0.05, 0) is 25.5 Å². The molecule has 0 aliphatic rings. The van der Waals surface area contributed by atoms with Gasteiger partial charge in [0.15, 0.2) is 0 Å². The summed E-state index contributed by atoms with van der Waals surface area (Å²) >= 11 is 0. The molecule has 11 heavy (non-hydrogen) atoms. The lowest BCUT2D eigenvalue weighted by molar-refractivity contribution is 1.00. The van der Waals surface area contributed by atoms with E-state index in [1.165, 1.54) is 0 Å². The standard InChI is InChI=1S/C9H10N2/c1-3-9-5-4-8(6-10)7(2)11-9/h4-5H,3H2,1-2H3. The molecule has 0 aromatic carbocycles. The van der Waals surface area contributed by atoms with Gasteiger partial charge in [0.25, 0.3) is 0 Å². The van der Waals surface area contributed by atoms with Gasteiger partial charge in [-0.3, -0.25) is 4.98 Å². The van der Waals surface area contributed by atoms with Crippen LogP contribution in [0.4, 0.5) is 0 Å². The number of nitrogens with zero attached hydrogens (tertiary/aromatic N) is 2. The minimum atomic E-state index is 0.669. The predicted molar refractivity (Wildman–Crippen MR) is 43.1 cm³/mol. The minimum absolute atomic E-state index is 0.669. The lowest BCUT2D eigenvalue weighted by Gasteiger charge is -1.98. The van der Waals surface area contributed by atoms with Gasteiger partial charge in [-0.1, -0.05) is 6.92 Å². The van der Waals surface area contributed by atoms with Crippen molar-refractivity contribution in [3.05, 3.63) is 29.1 Å². The Morgan fingerprint density at radius 1 is 1.55 bits per heavy atom. The molecular weight excluding hydrogens is 136 g/mol. The lowest BCUT2D eigenvalue weighted by atomic mass is 10.2. The number of aromatic nitrogens is 1. The number of hydrogen-bond donors (Lipinski definition) is 0. The average molecular weight is 146 g/mol. The summed E-state index contributed by atoms with van der Waals surface area (Å²) in [6.07, 6.45) is 0.923. The van der Waals surface area contributed by atoms with E-state index < -0.39 is 0 Å². The molecule has 1 aromatic rings. The largest absolute Gasteiger partial charge is 0.257 e. The second kappa shape index (κ2) is 3.16. The lowest BCUT2D eigenvalue weighted by Crippen LogP contribution is -1.92. The van der Waals surface area contributed by atoms with Crippen LogP contribution in [0.5, 0.6) is 0 Å². The quantitative estimate of drug-likeness (QED) is 0.606. The Labute approximate surface area is 66.5 Å². The van der Waals surface area contributed by atoms with Crippen molar-refractivity contribution in [2.24, 2.45) is 0 Å². The maximum absolute atomic E-state index is 8.59. The van der Waals surface area contributed by atoms with Gasteiger partial charge in [0.1, 0.15) is 6.07 Å². The summed E-state index contributed by atoms with van der Waals surface area (Å²) in [4.78, 5) is 4.24. The van der Waals surface area contributed by atoms with Crippen molar-refractivity contribution in [2.75, 3.05) is 0 Å².